The number of aromatic nitrogens is 3. The molecule has 0 aromatic carbocycles. The van der Waals surface area contributed by atoms with Crippen LogP contribution in [0, 0.1) is 0 Å². The minimum absolute atomic E-state index is 0. The van der Waals surface area contributed by atoms with Crippen molar-refractivity contribution in [2.45, 2.75) is 13.1 Å². The Morgan fingerprint density at radius 3 is 2.60 bits per heavy atom. The first-order chi connectivity index (χ1) is 9.29. The Morgan fingerprint density at radius 2 is 2.00 bits per heavy atom. The molecular weight excluding hydrogens is 367 g/mol. The van der Waals surface area contributed by atoms with Gasteiger partial charge in [-0.25, -0.2) is 4.98 Å². The van der Waals surface area contributed by atoms with Gasteiger partial charge in [-0.15, -0.1) is 24.0 Å². The minimum atomic E-state index is 0. The molecule has 0 unspecified atom stereocenters. The maximum Gasteiger partial charge on any atom is 0.191 e. The Balaban J connectivity index is 0.00000200. The first-order valence-electron chi connectivity index (χ1n) is 6.10. The fraction of sp³-hybridized carbons (Fsp3) is 0.308. The number of hydrogen-bond acceptors (Lipinski definition) is 3. The van der Waals surface area contributed by atoms with Crippen LogP contribution in [0.15, 0.2) is 41.8 Å². The molecule has 2 rings (SSSR count). The number of nitrogens with zero attached hydrogens (tertiary/aromatic N) is 4. The maximum absolute atomic E-state index is 4.25. The topological polar surface area (TPSA) is 67.1 Å². The Kier molecular flexibility index (Phi) is 6.99. The molecule has 6 nitrogen and oxygen atoms in total. The van der Waals surface area contributed by atoms with Crippen LogP contribution in [0.5, 0.6) is 0 Å². The van der Waals surface area contributed by atoms with Crippen LogP contribution >= 0.6 is 24.0 Å². The average Bonchev–Trinajstić information content (AvgIpc) is 2.86. The van der Waals surface area contributed by atoms with Crippen LogP contribution in [-0.2, 0) is 20.1 Å². The molecule has 2 aromatic rings. The van der Waals surface area contributed by atoms with Crippen LogP contribution in [0.25, 0.3) is 0 Å². The Hall–Kier alpha value is -1.64. The molecule has 2 aromatic heterocycles. The van der Waals surface area contributed by atoms with E-state index in [4.69, 9.17) is 0 Å². The lowest BCUT2D eigenvalue weighted by Gasteiger charge is -2.11. The van der Waals surface area contributed by atoms with E-state index in [0.717, 1.165) is 17.5 Å². The molecule has 0 bridgehead atoms. The van der Waals surface area contributed by atoms with Gasteiger partial charge in [0.25, 0.3) is 0 Å². The molecule has 0 aliphatic rings. The number of nitrogens with one attached hydrogen (secondary N) is 2. The van der Waals surface area contributed by atoms with Crippen molar-refractivity contribution in [3.05, 3.63) is 48.3 Å². The van der Waals surface area contributed by atoms with E-state index >= 15 is 0 Å². The van der Waals surface area contributed by atoms with Crippen molar-refractivity contribution < 1.29 is 0 Å². The monoisotopic (exact) mass is 386 g/mol. The number of pyridine rings is 1. The number of rotatable bonds is 4. The summed E-state index contributed by atoms with van der Waals surface area (Å²) in [7, 11) is 3.71. The fourth-order valence-electron chi connectivity index (χ4n) is 1.63. The Morgan fingerprint density at radius 1 is 1.20 bits per heavy atom. The van der Waals surface area contributed by atoms with Gasteiger partial charge in [-0.1, -0.05) is 6.07 Å². The molecule has 7 heteroatoms. The summed E-state index contributed by atoms with van der Waals surface area (Å²) in [6.07, 6.45) is 5.48. The van der Waals surface area contributed by atoms with E-state index in [1.807, 2.05) is 36.0 Å². The van der Waals surface area contributed by atoms with Crippen molar-refractivity contribution in [2.75, 3.05) is 7.05 Å². The molecule has 2 N–H and O–H groups in total. The second kappa shape index (κ2) is 8.51. The van der Waals surface area contributed by atoms with Gasteiger partial charge in [0.1, 0.15) is 5.82 Å². The van der Waals surface area contributed by atoms with E-state index in [2.05, 4.69) is 25.6 Å². The Labute approximate surface area is 135 Å². The first-order valence-corrected chi connectivity index (χ1v) is 6.10. The standard InChI is InChI=1S/C13H18N6.HI/c1-14-13(17-9-11-5-3-4-6-15-11)18-10-12-16-7-8-19(12)2;/h3-8H,9-10H2,1-2H3,(H2,14,17,18);1H. The van der Waals surface area contributed by atoms with Crippen LogP contribution in [0.4, 0.5) is 0 Å². The fourth-order valence-corrected chi connectivity index (χ4v) is 1.63. The third-order valence-electron chi connectivity index (χ3n) is 2.72. The van der Waals surface area contributed by atoms with Gasteiger partial charge in [-0.05, 0) is 12.1 Å². The summed E-state index contributed by atoms with van der Waals surface area (Å²) < 4.78 is 1.97. The second-order valence-corrected chi connectivity index (χ2v) is 4.05. The van der Waals surface area contributed by atoms with Gasteiger partial charge in [-0.2, -0.15) is 0 Å². The Bertz CT molecular complexity index is 537. The summed E-state index contributed by atoms with van der Waals surface area (Å²) in [5.74, 6) is 1.69. The summed E-state index contributed by atoms with van der Waals surface area (Å²) in [5.41, 5.74) is 0.974. The van der Waals surface area contributed by atoms with Crippen molar-refractivity contribution in [1.29, 1.82) is 0 Å². The molecule has 0 radical (unpaired) electrons. The molecule has 0 saturated heterocycles. The van der Waals surface area contributed by atoms with Gasteiger partial charge < -0.3 is 15.2 Å². The van der Waals surface area contributed by atoms with Gasteiger partial charge >= 0.3 is 0 Å². The highest BCUT2D eigenvalue weighted by Crippen LogP contribution is 1.94. The maximum atomic E-state index is 4.25. The van der Waals surface area contributed by atoms with Gasteiger partial charge in [0.15, 0.2) is 5.96 Å². The van der Waals surface area contributed by atoms with E-state index in [9.17, 15) is 0 Å². The molecule has 108 valence electrons. The molecule has 0 saturated carbocycles. The van der Waals surface area contributed by atoms with Crippen molar-refractivity contribution >= 4 is 29.9 Å². The summed E-state index contributed by atoms with van der Waals surface area (Å²) in [5, 5.41) is 6.42. The quantitative estimate of drug-likeness (QED) is 0.472. The number of aliphatic imine (C=N–C) groups is 1. The summed E-state index contributed by atoms with van der Waals surface area (Å²) in [4.78, 5) is 12.7. The van der Waals surface area contributed by atoms with Gasteiger partial charge in [0.2, 0.25) is 0 Å². The van der Waals surface area contributed by atoms with Crippen molar-refractivity contribution in [1.82, 2.24) is 25.2 Å². The summed E-state index contributed by atoms with van der Waals surface area (Å²) >= 11 is 0. The molecule has 0 aliphatic carbocycles. The zero-order valence-electron chi connectivity index (χ0n) is 11.6. The number of aryl methyl sites for hydroxylation is 1. The van der Waals surface area contributed by atoms with Crippen LogP contribution in [0.2, 0.25) is 0 Å². The minimum Gasteiger partial charge on any atom is -0.351 e. The molecule has 0 atom stereocenters. The second-order valence-electron chi connectivity index (χ2n) is 4.05. The lowest BCUT2D eigenvalue weighted by Crippen LogP contribution is -2.37. The van der Waals surface area contributed by atoms with Crippen LogP contribution in [-0.4, -0.2) is 27.5 Å². The third-order valence-corrected chi connectivity index (χ3v) is 2.72. The van der Waals surface area contributed by atoms with Gasteiger partial charge in [0, 0.05) is 32.7 Å². The molecule has 0 amide bonds. The van der Waals surface area contributed by atoms with Gasteiger partial charge in [-0.3, -0.25) is 9.98 Å². The molecule has 2 heterocycles. The van der Waals surface area contributed by atoms with Crippen molar-refractivity contribution in [3.8, 4) is 0 Å². The van der Waals surface area contributed by atoms with Crippen molar-refractivity contribution in [3.63, 3.8) is 0 Å². The van der Waals surface area contributed by atoms with Crippen LogP contribution in [0.3, 0.4) is 0 Å². The van der Waals surface area contributed by atoms with E-state index in [-0.39, 0.29) is 24.0 Å². The van der Waals surface area contributed by atoms with E-state index in [1.54, 1.807) is 19.4 Å². The van der Waals surface area contributed by atoms with Crippen molar-refractivity contribution in [2.24, 2.45) is 12.0 Å². The lowest BCUT2D eigenvalue weighted by molar-refractivity contribution is 0.724. The predicted octanol–water partition coefficient (Wildman–Crippen LogP) is 1.30. The zero-order chi connectivity index (χ0) is 13.5. The lowest BCUT2D eigenvalue weighted by atomic mass is 10.3. The molecule has 20 heavy (non-hydrogen) atoms. The summed E-state index contributed by atoms with van der Waals surface area (Å²) in [6.45, 7) is 1.27. The predicted molar refractivity (Wildman–Crippen MR) is 89.9 cm³/mol. The molecule has 0 spiro atoms. The largest absolute Gasteiger partial charge is 0.351 e. The number of imidazole rings is 1. The van der Waals surface area contributed by atoms with E-state index < -0.39 is 0 Å². The summed E-state index contributed by atoms with van der Waals surface area (Å²) in [6, 6.07) is 5.84. The number of guanidine groups is 1. The normalized spacial score (nSPS) is 10.8. The third kappa shape index (κ3) is 4.80. The number of halogens is 1. The highest BCUT2D eigenvalue weighted by atomic mass is 127. The highest BCUT2D eigenvalue weighted by molar-refractivity contribution is 14.0. The van der Waals surface area contributed by atoms with E-state index in [0.29, 0.717) is 13.1 Å². The smallest absolute Gasteiger partial charge is 0.191 e. The molecule has 0 aliphatic heterocycles. The number of hydrogen-bond donors (Lipinski definition) is 2. The van der Waals surface area contributed by atoms with Crippen LogP contribution in [0.1, 0.15) is 11.5 Å². The van der Waals surface area contributed by atoms with Gasteiger partial charge in [0.05, 0.1) is 18.8 Å². The average molecular weight is 386 g/mol. The zero-order valence-corrected chi connectivity index (χ0v) is 13.9. The SMILES string of the molecule is CN=C(NCc1ccccn1)NCc1nccn1C.I. The van der Waals surface area contributed by atoms with Crippen LogP contribution < -0.4 is 10.6 Å². The first kappa shape index (κ1) is 16.4. The highest BCUT2D eigenvalue weighted by Gasteiger charge is 2.02. The molecule has 0 fully saturated rings. The molecular formula is C13H19IN6. The van der Waals surface area contributed by atoms with E-state index in [1.165, 1.54) is 0 Å².